The Labute approximate surface area is 856 Å². The van der Waals surface area contributed by atoms with Crippen molar-refractivity contribution >= 4 is 162 Å². The third-order valence-electron chi connectivity index (χ3n) is 30.9. The SMILES string of the molecule is Brc1ccc2c(c1)sc1ccc(-c3ccc4c(c3)c3ccccc3n4-c3ccccc3)cc12.c1ccc(-c2ccc(N(c3ccc4c(c3)-c3ccccc3C43c4ccccc4-c4ccccc43)c3cc4sc5ccc(-c6ccc7c(c6)c6ccccc6n7-c6ccccc6)cc5c4c4ccccc34)cc2)cc1.c1ccc(-c2ccc(Nc3ccc4c(c3)-c3ccccc3C43c4ccccc4-c4ccccc43)cc2)cc1. The molecule has 27 aromatic rings. The van der Waals surface area contributed by atoms with Gasteiger partial charge in [-0.1, -0.05) is 386 Å². The predicted molar refractivity (Wildman–Crippen MR) is 618 cm³/mol. The Morgan fingerprint density at radius 1 is 0.200 bits per heavy atom. The van der Waals surface area contributed by atoms with Gasteiger partial charge in [0.15, 0.2) is 0 Å². The fraction of sp³-hybridized carbons (Fsp3) is 0.0145. The van der Waals surface area contributed by atoms with Crippen LogP contribution in [0.1, 0.15) is 44.5 Å². The molecule has 2 spiro atoms. The Morgan fingerprint density at radius 2 is 0.545 bits per heavy atom. The van der Waals surface area contributed by atoms with Crippen molar-refractivity contribution in [2.24, 2.45) is 0 Å². The Morgan fingerprint density at radius 3 is 1.04 bits per heavy atom. The largest absolute Gasteiger partial charge is 0.356 e. The van der Waals surface area contributed by atoms with E-state index in [-0.39, 0.29) is 5.41 Å². The van der Waals surface area contributed by atoms with Crippen molar-refractivity contribution in [1.82, 2.24) is 9.13 Å². The average Bonchev–Trinajstić information content (AvgIpc) is 1.51. The standard InChI is InChI=1S/C71H44N2S.C37H25N.C30H18BrNS/c1-3-17-45(18-4-1)46-31-35-50(36-32-46)72(51-37-38-64-58(43-51)54-23-11-15-29-63(54)71(64)61-27-13-9-21-52(61)53-22-10-14-28-62(53)71)67-44-69-70(57-26-8-7-24-55(57)67)60-42-48(34-40-68(60)74-69)47-33-39-66-59(41-47)56-25-12-16-30-65(56)73(66)49-19-5-2-6-20-49;1-2-10-25(11-3-1)26-18-20-27(21-19-26)38-28-22-23-36-32(24-28)31-14-6-9-17-35(31)37(36)33-15-7-4-12-29(33)30-13-5-8-16-34(30)37;31-21-12-13-24-26-17-20(11-15-29(26)33-30(24)18-21)19-10-14-28-25(16-19)23-8-4-5-9-27(23)32(28)22-6-2-1-3-7-22/h1-44H;1-24,38H;1-18H. The number of hydrogen-bond acceptors (Lipinski definition) is 4. The Bertz CT molecular complexity index is 9850. The fourth-order valence-electron chi connectivity index (χ4n) is 24.7. The summed E-state index contributed by atoms with van der Waals surface area (Å²) in [5, 5.41) is 16.4. The molecule has 678 valence electrons. The molecule has 4 aliphatic carbocycles. The molecule has 0 saturated carbocycles. The number of rotatable bonds is 11. The number of thiophene rings is 2. The summed E-state index contributed by atoms with van der Waals surface area (Å²) in [6.45, 7) is 0. The maximum absolute atomic E-state index is 3.66. The van der Waals surface area contributed by atoms with Crippen LogP contribution in [0.4, 0.5) is 28.4 Å². The lowest BCUT2D eigenvalue weighted by Gasteiger charge is -2.31. The second-order valence-corrected chi connectivity index (χ2v) is 41.6. The first-order chi connectivity index (χ1) is 71.8. The molecule has 31 rings (SSSR count). The molecule has 0 aliphatic heterocycles. The van der Waals surface area contributed by atoms with Crippen molar-refractivity contribution in [3.05, 3.63) is 571 Å². The number of fused-ring (bicyclic) bond motifs is 34. The van der Waals surface area contributed by atoms with Crippen molar-refractivity contribution in [3.63, 3.8) is 0 Å². The minimum atomic E-state index is -0.409. The van der Waals surface area contributed by atoms with Crippen LogP contribution in [0.15, 0.2) is 526 Å². The molecule has 0 radical (unpaired) electrons. The normalized spacial score (nSPS) is 12.8. The summed E-state index contributed by atoms with van der Waals surface area (Å²) in [5.41, 5.74) is 43.3. The number of nitrogens with one attached hydrogen (secondary N) is 1. The molecule has 4 aromatic heterocycles. The molecular weight excluding hydrogens is 1860 g/mol. The van der Waals surface area contributed by atoms with Crippen LogP contribution in [0.25, 0.3) is 195 Å². The first-order valence-electron chi connectivity index (χ1n) is 49.7. The number of anilines is 5. The number of halogens is 1. The number of benzene rings is 23. The van der Waals surface area contributed by atoms with Gasteiger partial charge in [0.2, 0.25) is 0 Å². The third kappa shape index (κ3) is 13.2. The number of aromatic nitrogens is 2. The van der Waals surface area contributed by atoms with E-state index < -0.39 is 5.41 Å². The van der Waals surface area contributed by atoms with Crippen LogP contribution >= 0.6 is 38.6 Å². The van der Waals surface area contributed by atoms with Crippen molar-refractivity contribution in [2.45, 2.75) is 10.8 Å². The maximum atomic E-state index is 3.66. The molecule has 0 fully saturated rings. The summed E-state index contributed by atoms with van der Waals surface area (Å²) in [6, 6.07) is 192. The zero-order chi connectivity index (χ0) is 95.5. The van der Waals surface area contributed by atoms with Gasteiger partial charge < -0.3 is 19.4 Å². The first kappa shape index (κ1) is 84.3. The van der Waals surface area contributed by atoms with E-state index in [1.807, 2.05) is 22.7 Å². The number of nitrogens with zero attached hydrogens (tertiary/aromatic N) is 3. The molecule has 0 bridgehead atoms. The van der Waals surface area contributed by atoms with Crippen LogP contribution in [0, 0.1) is 0 Å². The monoisotopic (exact) mass is 1940 g/mol. The number of para-hydroxylation sites is 4. The van der Waals surface area contributed by atoms with Gasteiger partial charge in [-0.25, -0.2) is 0 Å². The van der Waals surface area contributed by atoms with E-state index in [1.54, 1.807) is 0 Å². The van der Waals surface area contributed by atoms with Gasteiger partial charge in [-0.2, -0.15) is 0 Å². The van der Waals surface area contributed by atoms with Gasteiger partial charge in [-0.15, -0.1) is 22.7 Å². The Hall–Kier alpha value is -17.6. The lowest BCUT2D eigenvalue weighted by atomic mass is 9.70. The molecule has 7 heteroatoms. The summed E-state index contributed by atoms with van der Waals surface area (Å²) in [4.78, 5) is 2.51. The highest BCUT2D eigenvalue weighted by molar-refractivity contribution is 9.10. The van der Waals surface area contributed by atoms with Crippen LogP contribution in [-0.2, 0) is 10.8 Å². The smallest absolute Gasteiger partial charge is 0.0725 e. The number of hydrogen-bond donors (Lipinski definition) is 1. The van der Waals surface area contributed by atoms with Crippen molar-refractivity contribution in [2.75, 3.05) is 10.2 Å². The molecule has 0 unspecified atom stereocenters. The molecule has 0 atom stereocenters. The highest BCUT2D eigenvalue weighted by Gasteiger charge is 2.53. The van der Waals surface area contributed by atoms with Crippen LogP contribution in [0.2, 0.25) is 0 Å². The van der Waals surface area contributed by atoms with Crippen LogP contribution in [-0.4, -0.2) is 9.13 Å². The second kappa shape index (κ2) is 33.8. The molecule has 4 aliphatic rings. The van der Waals surface area contributed by atoms with Crippen molar-refractivity contribution in [1.29, 1.82) is 0 Å². The van der Waals surface area contributed by atoms with Crippen molar-refractivity contribution < 1.29 is 0 Å². The zero-order valence-electron chi connectivity index (χ0n) is 78.7. The summed E-state index contributed by atoms with van der Waals surface area (Å²) in [7, 11) is 0. The van der Waals surface area contributed by atoms with Gasteiger partial charge >= 0.3 is 0 Å². The summed E-state index contributed by atoms with van der Waals surface area (Å²) in [5.74, 6) is 0. The van der Waals surface area contributed by atoms with Gasteiger partial charge in [-0.3, -0.25) is 0 Å². The van der Waals surface area contributed by atoms with E-state index >= 15 is 0 Å². The summed E-state index contributed by atoms with van der Waals surface area (Å²) < 4.78 is 11.1. The predicted octanol–water partition coefficient (Wildman–Crippen LogP) is 38.5. The van der Waals surface area contributed by atoms with Gasteiger partial charge in [0.05, 0.1) is 38.6 Å². The van der Waals surface area contributed by atoms with Crippen molar-refractivity contribution in [3.8, 4) is 100 Å². The topological polar surface area (TPSA) is 25.1 Å². The molecule has 4 heterocycles. The van der Waals surface area contributed by atoms with Gasteiger partial charge in [0.1, 0.15) is 0 Å². The molecular formula is C138H87BrN4S2. The van der Waals surface area contributed by atoms with Crippen LogP contribution in [0.5, 0.6) is 0 Å². The molecule has 4 nitrogen and oxygen atoms in total. The van der Waals surface area contributed by atoms with Crippen LogP contribution in [0.3, 0.4) is 0 Å². The molecule has 0 amide bonds. The minimum absolute atomic E-state index is 0.283. The summed E-state index contributed by atoms with van der Waals surface area (Å²) >= 11 is 7.35. The second-order valence-electron chi connectivity index (χ2n) is 38.5. The van der Waals surface area contributed by atoms with Gasteiger partial charge in [-0.05, 0) is 291 Å². The van der Waals surface area contributed by atoms with E-state index in [4.69, 9.17) is 0 Å². The van der Waals surface area contributed by atoms with Crippen LogP contribution < -0.4 is 10.2 Å². The highest BCUT2D eigenvalue weighted by Crippen LogP contribution is 2.66. The lowest BCUT2D eigenvalue weighted by Crippen LogP contribution is -2.25. The molecule has 1 N–H and O–H groups in total. The fourth-order valence-corrected chi connectivity index (χ4v) is 27.5. The van der Waals surface area contributed by atoms with E-state index in [2.05, 4.69) is 557 Å². The molecule has 145 heavy (non-hydrogen) atoms. The average molecular weight is 1950 g/mol. The molecule has 23 aromatic carbocycles. The Kier molecular flexibility index (Phi) is 19.7. The first-order valence-corrected chi connectivity index (χ1v) is 52.2. The quantitative estimate of drug-likeness (QED) is 0.140. The van der Waals surface area contributed by atoms with E-state index in [9.17, 15) is 0 Å². The van der Waals surface area contributed by atoms with E-state index in [0.29, 0.717) is 0 Å². The lowest BCUT2D eigenvalue weighted by molar-refractivity contribution is 0.794. The van der Waals surface area contributed by atoms with Gasteiger partial charge in [0.25, 0.3) is 0 Å². The third-order valence-corrected chi connectivity index (χ3v) is 33.7. The zero-order valence-corrected chi connectivity index (χ0v) is 81.9. The van der Waals surface area contributed by atoms with Gasteiger partial charge in [0, 0.05) is 106 Å². The minimum Gasteiger partial charge on any atom is -0.356 e. The van der Waals surface area contributed by atoms with E-state index in [0.717, 1.165) is 32.9 Å². The highest BCUT2D eigenvalue weighted by atomic mass is 79.9. The molecule has 0 saturated heterocycles. The Balaban J connectivity index is 0.000000117. The maximum Gasteiger partial charge on any atom is 0.0725 e. The van der Waals surface area contributed by atoms with E-state index in [1.165, 1.54) is 240 Å². The summed E-state index contributed by atoms with van der Waals surface area (Å²) in [6.07, 6.45) is 0.